The summed E-state index contributed by atoms with van der Waals surface area (Å²) in [6, 6.07) is 12.2. The van der Waals surface area contributed by atoms with E-state index < -0.39 is 5.97 Å². The molecule has 0 atom stereocenters. The predicted molar refractivity (Wildman–Crippen MR) is 81.4 cm³/mol. The Morgan fingerprint density at radius 1 is 1.15 bits per heavy atom. The van der Waals surface area contributed by atoms with Crippen LogP contribution in [0.25, 0.3) is 0 Å². The van der Waals surface area contributed by atoms with Crippen molar-refractivity contribution >= 4 is 33.7 Å². The van der Waals surface area contributed by atoms with Crippen LogP contribution >= 0.6 is 27.7 Å². The molecule has 2 rings (SSSR count). The molecular weight excluding hydrogens is 343 g/mol. The molecule has 0 spiro atoms. The monoisotopic (exact) mass is 354 g/mol. The quantitative estimate of drug-likeness (QED) is 0.802. The van der Waals surface area contributed by atoms with Gasteiger partial charge in [-0.3, -0.25) is 4.79 Å². The number of hydrogen-bond donors (Lipinski definition) is 1. The third-order valence-electron chi connectivity index (χ3n) is 2.61. The van der Waals surface area contributed by atoms with Gasteiger partial charge in [-0.05, 0) is 41.5 Å². The van der Waals surface area contributed by atoms with Crippen molar-refractivity contribution in [1.82, 2.24) is 0 Å². The van der Waals surface area contributed by atoms with Gasteiger partial charge >= 0.3 is 5.97 Å². The first-order valence-electron chi connectivity index (χ1n) is 5.91. The van der Waals surface area contributed by atoms with Gasteiger partial charge in [-0.25, -0.2) is 4.39 Å². The molecule has 0 unspecified atom stereocenters. The van der Waals surface area contributed by atoms with Gasteiger partial charge in [0.1, 0.15) is 5.82 Å². The number of hydrogen-bond acceptors (Lipinski definition) is 2. The van der Waals surface area contributed by atoms with Crippen molar-refractivity contribution in [3.63, 3.8) is 0 Å². The van der Waals surface area contributed by atoms with Gasteiger partial charge < -0.3 is 5.11 Å². The van der Waals surface area contributed by atoms with Gasteiger partial charge in [-0.15, -0.1) is 11.8 Å². The minimum atomic E-state index is -0.838. The SMILES string of the molecule is O=C(O)Cc1ccc(SCc2cc(F)cc(Br)c2)cc1. The molecule has 0 aliphatic heterocycles. The van der Waals surface area contributed by atoms with Crippen molar-refractivity contribution in [3.8, 4) is 0 Å². The van der Waals surface area contributed by atoms with Crippen LogP contribution in [-0.4, -0.2) is 11.1 Å². The van der Waals surface area contributed by atoms with Crippen LogP contribution < -0.4 is 0 Å². The molecule has 5 heteroatoms. The summed E-state index contributed by atoms with van der Waals surface area (Å²) in [7, 11) is 0. The molecule has 0 radical (unpaired) electrons. The number of thioether (sulfide) groups is 1. The molecule has 0 amide bonds. The molecule has 2 aromatic rings. The van der Waals surface area contributed by atoms with Crippen molar-refractivity contribution in [1.29, 1.82) is 0 Å². The van der Waals surface area contributed by atoms with Gasteiger partial charge in [0.15, 0.2) is 0 Å². The summed E-state index contributed by atoms with van der Waals surface area (Å²) in [5, 5.41) is 8.70. The standard InChI is InChI=1S/C15H12BrFO2S/c16-12-5-11(6-13(17)8-12)9-20-14-3-1-10(2-4-14)7-15(18)19/h1-6,8H,7,9H2,(H,18,19). The third-order valence-corrected chi connectivity index (χ3v) is 4.15. The van der Waals surface area contributed by atoms with Crippen LogP contribution in [0.2, 0.25) is 0 Å². The van der Waals surface area contributed by atoms with Gasteiger partial charge in [0.05, 0.1) is 6.42 Å². The molecule has 0 aromatic heterocycles. The van der Waals surface area contributed by atoms with Crippen LogP contribution in [0.4, 0.5) is 4.39 Å². The van der Waals surface area contributed by atoms with E-state index in [9.17, 15) is 9.18 Å². The Kier molecular flexibility index (Phi) is 5.20. The molecule has 0 saturated heterocycles. The lowest BCUT2D eigenvalue weighted by molar-refractivity contribution is -0.136. The first kappa shape index (κ1) is 15.1. The summed E-state index contributed by atoms with van der Waals surface area (Å²) in [6.45, 7) is 0. The van der Waals surface area contributed by atoms with Crippen LogP contribution in [0.5, 0.6) is 0 Å². The Hall–Kier alpha value is -1.33. The molecule has 104 valence electrons. The second-order valence-electron chi connectivity index (χ2n) is 4.28. The molecule has 0 heterocycles. The number of rotatable bonds is 5. The molecule has 20 heavy (non-hydrogen) atoms. The normalized spacial score (nSPS) is 10.5. The fraction of sp³-hybridized carbons (Fsp3) is 0.133. The number of carboxylic acid groups (broad SMARTS) is 1. The second kappa shape index (κ2) is 6.90. The van der Waals surface area contributed by atoms with E-state index in [1.54, 1.807) is 23.9 Å². The van der Waals surface area contributed by atoms with Gasteiger partial charge in [0, 0.05) is 15.1 Å². The van der Waals surface area contributed by atoms with Crippen molar-refractivity contribution < 1.29 is 14.3 Å². The van der Waals surface area contributed by atoms with E-state index in [0.717, 1.165) is 20.5 Å². The lowest BCUT2D eigenvalue weighted by Gasteiger charge is -2.04. The topological polar surface area (TPSA) is 37.3 Å². The highest BCUT2D eigenvalue weighted by atomic mass is 79.9. The van der Waals surface area contributed by atoms with E-state index in [1.807, 2.05) is 18.2 Å². The minimum Gasteiger partial charge on any atom is -0.481 e. The Bertz CT molecular complexity index is 594. The van der Waals surface area contributed by atoms with Crippen LogP contribution in [-0.2, 0) is 17.0 Å². The van der Waals surface area contributed by atoms with Crippen LogP contribution in [0, 0.1) is 5.82 Å². The fourth-order valence-corrected chi connectivity index (χ4v) is 3.08. The van der Waals surface area contributed by atoms with Gasteiger partial charge in [0.2, 0.25) is 0 Å². The zero-order valence-electron chi connectivity index (χ0n) is 10.5. The van der Waals surface area contributed by atoms with Crippen molar-refractivity contribution in [3.05, 3.63) is 63.9 Å². The molecule has 1 N–H and O–H groups in total. The average molecular weight is 355 g/mol. The van der Waals surface area contributed by atoms with Gasteiger partial charge in [-0.2, -0.15) is 0 Å². The second-order valence-corrected chi connectivity index (χ2v) is 6.25. The summed E-state index contributed by atoms with van der Waals surface area (Å²) in [4.78, 5) is 11.6. The van der Waals surface area contributed by atoms with Crippen LogP contribution in [0.15, 0.2) is 51.8 Å². The number of carbonyl (C=O) groups is 1. The Morgan fingerprint density at radius 2 is 1.85 bits per heavy atom. The lowest BCUT2D eigenvalue weighted by atomic mass is 10.2. The van der Waals surface area contributed by atoms with E-state index >= 15 is 0 Å². The number of benzene rings is 2. The number of carboxylic acids is 1. The maximum Gasteiger partial charge on any atom is 0.307 e. The van der Waals surface area contributed by atoms with E-state index in [4.69, 9.17) is 5.11 Å². The van der Waals surface area contributed by atoms with Crippen molar-refractivity contribution in [2.45, 2.75) is 17.1 Å². The zero-order chi connectivity index (χ0) is 14.5. The number of aliphatic carboxylic acids is 1. The Balaban J connectivity index is 1.98. The molecule has 2 nitrogen and oxygen atoms in total. The molecule has 0 aliphatic rings. The molecule has 0 saturated carbocycles. The maximum atomic E-state index is 13.2. The summed E-state index contributed by atoms with van der Waals surface area (Å²) >= 11 is 4.85. The van der Waals surface area contributed by atoms with Crippen LogP contribution in [0.1, 0.15) is 11.1 Å². The smallest absolute Gasteiger partial charge is 0.307 e. The fourth-order valence-electron chi connectivity index (χ4n) is 1.74. The molecule has 0 fully saturated rings. The average Bonchev–Trinajstić information content (AvgIpc) is 2.36. The summed E-state index contributed by atoms with van der Waals surface area (Å²) < 4.78 is 14.0. The molecule has 0 aliphatic carbocycles. The Labute approximate surface area is 129 Å². The zero-order valence-corrected chi connectivity index (χ0v) is 12.9. The summed E-state index contributed by atoms with van der Waals surface area (Å²) in [5.41, 5.74) is 1.67. The summed E-state index contributed by atoms with van der Waals surface area (Å²) in [6.07, 6.45) is 0.0296. The molecule has 2 aromatic carbocycles. The predicted octanol–water partition coefficient (Wildman–Crippen LogP) is 4.51. The first-order valence-corrected chi connectivity index (χ1v) is 7.69. The number of halogens is 2. The van der Waals surface area contributed by atoms with Crippen molar-refractivity contribution in [2.75, 3.05) is 0 Å². The van der Waals surface area contributed by atoms with Crippen LogP contribution in [0.3, 0.4) is 0 Å². The highest BCUT2D eigenvalue weighted by molar-refractivity contribution is 9.10. The third kappa shape index (κ3) is 4.65. The lowest BCUT2D eigenvalue weighted by Crippen LogP contribution is -1.99. The maximum absolute atomic E-state index is 13.2. The van der Waals surface area contributed by atoms with Gasteiger partial charge in [0.25, 0.3) is 0 Å². The first-order chi connectivity index (χ1) is 9.52. The van der Waals surface area contributed by atoms with E-state index in [-0.39, 0.29) is 12.2 Å². The van der Waals surface area contributed by atoms with E-state index in [1.165, 1.54) is 12.1 Å². The molecule has 0 bridgehead atoms. The highest BCUT2D eigenvalue weighted by Crippen LogP contribution is 2.25. The molecular formula is C15H12BrFO2S. The summed E-state index contributed by atoms with van der Waals surface area (Å²) in [5.74, 6) is -0.434. The van der Waals surface area contributed by atoms with E-state index in [2.05, 4.69) is 15.9 Å². The van der Waals surface area contributed by atoms with Crippen molar-refractivity contribution in [2.24, 2.45) is 0 Å². The Morgan fingerprint density at radius 3 is 2.45 bits per heavy atom. The minimum absolute atomic E-state index is 0.0296. The van der Waals surface area contributed by atoms with Gasteiger partial charge in [-0.1, -0.05) is 28.1 Å². The van der Waals surface area contributed by atoms with E-state index in [0.29, 0.717) is 5.75 Å². The highest BCUT2D eigenvalue weighted by Gasteiger charge is 2.03. The largest absolute Gasteiger partial charge is 0.481 e.